The normalized spacial score (nSPS) is 17.9. The molecule has 0 atom stereocenters. The van der Waals surface area contributed by atoms with Crippen molar-refractivity contribution >= 4 is 17.6 Å². The molecule has 18 heavy (non-hydrogen) atoms. The Labute approximate surface area is 112 Å². The average molecular weight is 268 g/mol. The van der Waals surface area contributed by atoms with Gasteiger partial charge in [0.2, 0.25) is 0 Å². The van der Waals surface area contributed by atoms with Crippen LogP contribution in [-0.4, -0.2) is 29.1 Å². The fourth-order valence-electron chi connectivity index (χ4n) is 2.43. The van der Waals surface area contributed by atoms with E-state index < -0.39 is 5.97 Å². The van der Waals surface area contributed by atoms with Crippen molar-refractivity contribution in [1.82, 2.24) is 4.90 Å². The molecule has 1 aromatic rings. The van der Waals surface area contributed by atoms with Gasteiger partial charge in [0.15, 0.2) is 0 Å². The first-order valence-corrected chi connectivity index (χ1v) is 6.65. The predicted molar refractivity (Wildman–Crippen MR) is 71.8 cm³/mol. The summed E-state index contributed by atoms with van der Waals surface area (Å²) in [5.74, 6) is -0.836. The first-order chi connectivity index (χ1) is 8.58. The zero-order valence-electron chi connectivity index (χ0n) is 10.5. The third kappa shape index (κ3) is 3.03. The molecule has 0 unspecified atom stereocenters. The summed E-state index contributed by atoms with van der Waals surface area (Å²) in [4.78, 5) is 13.2. The topological polar surface area (TPSA) is 40.5 Å². The van der Waals surface area contributed by atoms with Crippen molar-refractivity contribution in [2.45, 2.75) is 26.3 Å². The van der Waals surface area contributed by atoms with Crippen molar-refractivity contribution in [3.05, 3.63) is 34.3 Å². The van der Waals surface area contributed by atoms with Crippen LogP contribution in [0.5, 0.6) is 0 Å². The van der Waals surface area contributed by atoms with Crippen molar-refractivity contribution < 1.29 is 9.90 Å². The van der Waals surface area contributed by atoms with Gasteiger partial charge >= 0.3 is 5.97 Å². The lowest BCUT2D eigenvalue weighted by Gasteiger charge is -2.30. The van der Waals surface area contributed by atoms with Crippen LogP contribution in [0.25, 0.3) is 0 Å². The maximum atomic E-state index is 10.9. The van der Waals surface area contributed by atoms with Gasteiger partial charge in [-0.15, -0.1) is 0 Å². The van der Waals surface area contributed by atoms with Crippen molar-refractivity contribution in [2.24, 2.45) is 5.92 Å². The number of carbonyl (C=O) groups is 1. The number of nitrogens with zero attached hydrogens (tertiary/aromatic N) is 1. The van der Waals surface area contributed by atoms with E-state index in [-0.39, 0.29) is 5.92 Å². The summed E-state index contributed by atoms with van der Waals surface area (Å²) in [5.41, 5.74) is 2.36. The largest absolute Gasteiger partial charge is 0.481 e. The fourth-order valence-corrected chi connectivity index (χ4v) is 2.71. The SMILES string of the molecule is Cc1cccc(Cl)c1CN1CCC(C(=O)O)CC1. The van der Waals surface area contributed by atoms with Crippen molar-refractivity contribution in [2.75, 3.05) is 13.1 Å². The number of aryl methyl sites for hydroxylation is 1. The molecule has 3 nitrogen and oxygen atoms in total. The monoisotopic (exact) mass is 267 g/mol. The molecular formula is C14H18ClNO2. The second-order valence-electron chi connectivity index (χ2n) is 4.92. The lowest BCUT2D eigenvalue weighted by molar-refractivity contribution is -0.143. The van der Waals surface area contributed by atoms with E-state index in [9.17, 15) is 4.79 Å². The molecule has 1 heterocycles. The van der Waals surface area contributed by atoms with Gasteiger partial charge in [0.05, 0.1) is 5.92 Å². The first kappa shape index (κ1) is 13.4. The lowest BCUT2D eigenvalue weighted by Crippen LogP contribution is -2.36. The third-order valence-corrected chi connectivity index (χ3v) is 4.03. The Kier molecular flexibility index (Phi) is 4.25. The second-order valence-corrected chi connectivity index (χ2v) is 5.33. The summed E-state index contributed by atoms with van der Waals surface area (Å²) in [7, 11) is 0. The number of hydrogen-bond acceptors (Lipinski definition) is 2. The van der Waals surface area contributed by atoms with E-state index in [0.29, 0.717) is 0 Å². The smallest absolute Gasteiger partial charge is 0.306 e. The van der Waals surface area contributed by atoms with Crippen molar-refractivity contribution in [3.63, 3.8) is 0 Å². The minimum Gasteiger partial charge on any atom is -0.481 e. The lowest BCUT2D eigenvalue weighted by atomic mass is 9.96. The number of rotatable bonds is 3. The summed E-state index contributed by atoms with van der Waals surface area (Å²) in [6.45, 7) is 4.55. The van der Waals surface area contributed by atoms with Crippen molar-refractivity contribution in [1.29, 1.82) is 0 Å². The minimum absolute atomic E-state index is 0.173. The molecule has 2 rings (SSSR count). The van der Waals surface area contributed by atoms with Crippen molar-refractivity contribution in [3.8, 4) is 0 Å². The van der Waals surface area contributed by atoms with E-state index in [1.807, 2.05) is 12.1 Å². The van der Waals surface area contributed by atoms with Crippen LogP contribution < -0.4 is 0 Å². The van der Waals surface area contributed by atoms with Gasteiger partial charge in [0.25, 0.3) is 0 Å². The van der Waals surface area contributed by atoms with E-state index in [1.165, 1.54) is 5.56 Å². The van der Waals surface area contributed by atoms with E-state index in [4.69, 9.17) is 16.7 Å². The molecule has 0 bridgehead atoms. The highest BCUT2D eigenvalue weighted by atomic mass is 35.5. The second kappa shape index (κ2) is 5.72. The Balaban J connectivity index is 1.98. The number of benzene rings is 1. The predicted octanol–water partition coefficient (Wildman–Crippen LogP) is 2.95. The molecule has 1 saturated heterocycles. The van der Waals surface area contributed by atoms with Crippen LogP contribution in [0.2, 0.25) is 5.02 Å². The highest BCUT2D eigenvalue weighted by molar-refractivity contribution is 6.31. The van der Waals surface area contributed by atoms with Gasteiger partial charge in [0, 0.05) is 11.6 Å². The van der Waals surface area contributed by atoms with Gasteiger partial charge in [-0.1, -0.05) is 23.7 Å². The molecule has 0 radical (unpaired) electrons. The zero-order valence-corrected chi connectivity index (χ0v) is 11.3. The Bertz CT molecular complexity index is 419. The van der Waals surface area contributed by atoms with Crippen LogP contribution in [0.3, 0.4) is 0 Å². The zero-order chi connectivity index (χ0) is 13.1. The Morgan fingerprint density at radius 3 is 2.67 bits per heavy atom. The number of likely N-dealkylation sites (tertiary alicyclic amines) is 1. The molecule has 1 N–H and O–H groups in total. The number of piperidine rings is 1. The van der Waals surface area contributed by atoms with E-state index in [2.05, 4.69) is 17.9 Å². The Hall–Kier alpha value is -1.06. The molecule has 1 fully saturated rings. The van der Waals surface area contributed by atoms with Gasteiger partial charge < -0.3 is 5.11 Å². The molecule has 1 aromatic carbocycles. The number of carboxylic acid groups (broad SMARTS) is 1. The van der Waals surface area contributed by atoms with E-state index >= 15 is 0 Å². The number of hydrogen-bond donors (Lipinski definition) is 1. The minimum atomic E-state index is -0.663. The number of aliphatic carboxylic acids is 1. The van der Waals surface area contributed by atoms with Gasteiger partial charge in [-0.3, -0.25) is 9.69 Å². The quantitative estimate of drug-likeness (QED) is 0.915. The van der Waals surface area contributed by atoms with Crippen LogP contribution in [0.1, 0.15) is 24.0 Å². The molecule has 0 saturated carbocycles. The van der Waals surface area contributed by atoms with Crippen LogP contribution in [0, 0.1) is 12.8 Å². The maximum Gasteiger partial charge on any atom is 0.306 e. The average Bonchev–Trinajstić information content (AvgIpc) is 2.34. The molecule has 0 amide bonds. The Morgan fingerprint density at radius 2 is 2.11 bits per heavy atom. The maximum absolute atomic E-state index is 10.9. The van der Waals surface area contributed by atoms with Crippen LogP contribution >= 0.6 is 11.6 Å². The molecule has 0 spiro atoms. The van der Waals surface area contributed by atoms with Crippen LogP contribution in [0.4, 0.5) is 0 Å². The summed E-state index contributed by atoms with van der Waals surface area (Å²) in [6, 6.07) is 5.93. The summed E-state index contributed by atoms with van der Waals surface area (Å²) >= 11 is 6.21. The molecule has 1 aliphatic heterocycles. The van der Waals surface area contributed by atoms with Gasteiger partial charge in [-0.05, 0) is 50.0 Å². The number of halogens is 1. The fraction of sp³-hybridized carbons (Fsp3) is 0.500. The Morgan fingerprint density at radius 1 is 1.44 bits per heavy atom. The standard InChI is InChI=1S/C14H18ClNO2/c1-10-3-2-4-13(15)12(10)9-16-7-5-11(6-8-16)14(17)18/h2-4,11H,5-9H2,1H3,(H,17,18). The van der Waals surface area contributed by atoms with E-state index in [1.54, 1.807) is 0 Å². The molecular weight excluding hydrogens is 250 g/mol. The van der Waals surface area contributed by atoms with Crippen LogP contribution in [0.15, 0.2) is 18.2 Å². The molecule has 4 heteroatoms. The van der Waals surface area contributed by atoms with Crippen LogP contribution in [-0.2, 0) is 11.3 Å². The first-order valence-electron chi connectivity index (χ1n) is 6.27. The highest BCUT2D eigenvalue weighted by Crippen LogP contribution is 2.24. The third-order valence-electron chi connectivity index (χ3n) is 3.67. The molecule has 0 aliphatic carbocycles. The molecule has 1 aliphatic rings. The van der Waals surface area contributed by atoms with E-state index in [0.717, 1.165) is 43.1 Å². The highest BCUT2D eigenvalue weighted by Gasteiger charge is 2.24. The van der Waals surface area contributed by atoms with Gasteiger partial charge in [0.1, 0.15) is 0 Å². The van der Waals surface area contributed by atoms with Gasteiger partial charge in [-0.25, -0.2) is 0 Å². The summed E-state index contributed by atoms with van der Waals surface area (Å²) in [5, 5.41) is 9.76. The molecule has 0 aromatic heterocycles. The molecule has 98 valence electrons. The summed E-state index contributed by atoms with van der Waals surface area (Å²) in [6.07, 6.45) is 1.47. The summed E-state index contributed by atoms with van der Waals surface area (Å²) < 4.78 is 0. The number of carboxylic acids is 1. The van der Waals surface area contributed by atoms with Gasteiger partial charge in [-0.2, -0.15) is 0 Å².